The van der Waals surface area contributed by atoms with E-state index >= 15 is 0 Å². The number of unbranched alkanes of at least 4 members (excludes halogenated alkanes) is 1. The number of para-hydroxylation sites is 1. The van der Waals surface area contributed by atoms with E-state index < -0.39 is 10.0 Å². The minimum atomic E-state index is -3.61. The predicted octanol–water partition coefficient (Wildman–Crippen LogP) is 4.57. The highest BCUT2D eigenvalue weighted by atomic mass is 35.5. The lowest BCUT2D eigenvalue weighted by Crippen LogP contribution is -2.32. The molecule has 0 radical (unpaired) electrons. The average Bonchev–Trinajstić information content (AvgIpc) is 3.25. The number of hydrogen-bond donors (Lipinski definition) is 0. The van der Waals surface area contributed by atoms with Crippen LogP contribution in [-0.2, 0) is 10.0 Å². The van der Waals surface area contributed by atoms with Gasteiger partial charge in [-0.05, 0) is 49.6 Å². The van der Waals surface area contributed by atoms with Crippen LogP contribution in [0.1, 0.15) is 43.0 Å². The lowest BCUT2D eigenvalue weighted by molar-refractivity contribution is 0.0986. The van der Waals surface area contributed by atoms with Crippen molar-refractivity contribution in [2.24, 2.45) is 0 Å². The van der Waals surface area contributed by atoms with Crippen LogP contribution < -0.4 is 4.90 Å². The normalized spacial score (nSPS) is 14.9. The van der Waals surface area contributed by atoms with Crippen LogP contribution in [0, 0.1) is 0 Å². The Bertz CT molecular complexity index is 926. The summed E-state index contributed by atoms with van der Waals surface area (Å²) in [4.78, 5) is 15.1. The Labute approximate surface area is 172 Å². The lowest BCUT2D eigenvalue weighted by Gasteiger charge is -2.24. The highest BCUT2D eigenvalue weighted by Crippen LogP contribution is 2.27. The van der Waals surface area contributed by atoms with Crippen molar-refractivity contribution >= 4 is 33.2 Å². The smallest absolute Gasteiger partial charge is 0.259 e. The molecule has 1 heterocycles. The molecule has 1 saturated heterocycles. The fraction of sp³-hybridized carbons (Fsp3) is 0.381. The largest absolute Gasteiger partial charge is 0.308 e. The van der Waals surface area contributed by atoms with Crippen molar-refractivity contribution in [3.8, 4) is 0 Å². The molecule has 1 aliphatic rings. The zero-order chi connectivity index (χ0) is 20.1. The summed E-state index contributed by atoms with van der Waals surface area (Å²) in [5.74, 6) is -0.289. The quantitative estimate of drug-likeness (QED) is 0.659. The summed E-state index contributed by atoms with van der Waals surface area (Å²) in [7, 11) is -3.61. The third kappa shape index (κ3) is 4.40. The molecule has 2 aromatic rings. The van der Waals surface area contributed by atoms with Gasteiger partial charge < -0.3 is 4.90 Å². The van der Waals surface area contributed by atoms with Gasteiger partial charge >= 0.3 is 0 Å². The number of carbonyl (C=O) groups is 1. The van der Waals surface area contributed by atoms with Crippen LogP contribution in [0.5, 0.6) is 0 Å². The molecule has 0 bridgehead atoms. The van der Waals surface area contributed by atoms with Crippen molar-refractivity contribution in [1.82, 2.24) is 4.31 Å². The number of benzene rings is 2. The van der Waals surface area contributed by atoms with Gasteiger partial charge in [0.05, 0.1) is 15.5 Å². The highest BCUT2D eigenvalue weighted by Gasteiger charge is 2.29. The third-order valence-corrected chi connectivity index (χ3v) is 7.14. The fourth-order valence-corrected chi connectivity index (χ4v) is 5.07. The zero-order valence-corrected chi connectivity index (χ0v) is 17.5. The number of sulfonamides is 1. The van der Waals surface area contributed by atoms with E-state index in [9.17, 15) is 13.2 Å². The van der Waals surface area contributed by atoms with Crippen molar-refractivity contribution in [1.29, 1.82) is 0 Å². The second-order valence-corrected chi connectivity index (χ2v) is 9.24. The van der Waals surface area contributed by atoms with Crippen molar-refractivity contribution < 1.29 is 13.2 Å². The van der Waals surface area contributed by atoms with Gasteiger partial charge in [-0.1, -0.05) is 43.1 Å². The van der Waals surface area contributed by atoms with E-state index in [4.69, 9.17) is 11.6 Å². The third-order valence-electron chi connectivity index (χ3n) is 4.92. The highest BCUT2D eigenvalue weighted by molar-refractivity contribution is 7.89. The monoisotopic (exact) mass is 420 g/mol. The molecule has 1 aliphatic heterocycles. The number of nitrogens with zero attached hydrogens (tertiary/aromatic N) is 2. The van der Waals surface area contributed by atoms with E-state index in [1.165, 1.54) is 22.5 Å². The summed E-state index contributed by atoms with van der Waals surface area (Å²) >= 11 is 6.31. The van der Waals surface area contributed by atoms with E-state index in [0.29, 0.717) is 19.6 Å². The van der Waals surface area contributed by atoms with Gasteiger partial charge in [-0.2, -0.15) is 4.31 Å². The summed E-state index contributed by atoms with van der Waals surface area (Å²) in [5, 5.41) is 0.253. The van der Waals surface area contributed by atoms with Crippen molar-refractivity contribution in [3.63, 3.8) is 0 Å². The van der Waals surface area contributed by atoms with E-state index in [0.717, 1.165) is 31.4 Å². The van der Waals surface area contributed by atoms with Gasteiger partial charge in [0, 0.05) is 25.3 Å². The van der Waals surface area contributed by atoms with Gasteiger partial charge in [-0.15, -0.1) is 0 Å². The van der Waals surface area contributed by atoms with Crippen molar-refractivity contribution in [3.05, 3.63) is 59.1 Å². The molecule has 0 unspecified atom stereocenters. The Hall–Kier alpha value is -1.89. The first-order valence-electron chi connectivity index (χ1n) is 9.61. The number of anilines is 1. The van der Waals surface area contributed by atoms with Gasteiger partial charge in [0.1, 0.15) is 0 Å². The number of hydrogen-bond acceptors (Lipinski definition) is 3. The van der Waals surface area contributed by atoms with Crippen LogP contribution in [0.4, 0.5) is 5.69 Å². The maximum absolute atomic E-state index is 13.3. The molecule has 3 rings (SSSR count). The molecule has 1 fully saturated rings. The van der Waals surface area contributed by atoms with E-state index in [-0.39, 0.29) is 21.4 Å². The van der Waals surface area contributed by atoms with E-state index in [1.807, 2.05) is 30.3 Å². The van der Waals surface area contributed by atoms with Gasteiger partial charge in [0.25, 0.3) is 5.91 Å². The topological polar surface area (TPSA) is 57.7 Å². The molecule has 7 heteroatoms. The summed E-state index contributed by atoms with van der Waals surface area (Å²) in [6, 6.07) is 13.8. The Morgan fingerprint density at radius 3 is 2.43 bits per heavy atom. The molecule has 1 amide bonds. The van der Waals surface area contributed by atoms with Gasteiger partial charge in [0.2, 0.25) is 10.0 Å². The van der Waals surface area contributed by atoms with Crippen LogP contribution in [0.15, 0.2) is 53.4 Å². The average molecular weight is 421 g/mol. The standard InChI is InChI=1S/C21H25ClN2O3S/c1-2-3-15-24(17-9-5-4-6-10-17)21(25)19-16-18(11-12-20(19)22)28(26,27)23-13-7-8-14-23/h4-6,9-12,16H,2-3,7-8,13-15H2,1H3. The van der Waals surface area contributed by atoms with E-state index in [2.05, 4.69) is 6.92 Å². The maximum atomic E-state index is 13.3. The number of rotatable bonds is 7. The second-order valence-electron chi connectivity index (χ2n) is 6.90. The summed E-state index contributed by atoms with van der Waals surface area (Å²) in [6.07, 6.45) is 3.49. The molecular formula is C21H25ClN2O3S. The van der Waals surface area contributed by atoms with Crippen LogP contribution in [0.2, 0.25) is 5.02 Å². The molecule has 0 atom stereocenters. The second kappa shape index (κ2) is 9.07. The molecule has 2 aromatic carbocycles. The molecule has 150 valence electrons. The molecule has 5 nitrogen and oxygen atoms in total. The minimum absolute atomic E-state index is 0.116. The first kappa shape index (κ1) is 20.8. The summed E-state index contributed by atoms with van der Waals surface area (Å²) in [6.45, 7) is 3.63. The molecule has 28 heavy (non-hydrogen) atoms. The molecular weight excluding hydrogens is 396 g/mol. The maximum Gasteiger partial charge on any atom is 0.259 e. The lowest BCUT2D eigenvalue weighted by atomic mass is 10.1. The van der Waals surface area contributed by atoms with Crippen LogP contribution in [-0.4, -0.2) is 38.3 Å². The molecule has 0 spiro atoms. The molecule has 0 aliphatic carbocycles. The fourth-order valence-electron chi connectivity index (χ4n) is 3.32. The van der Waals surface area contributed by atoms with Crippen molar-refractivity contribution in [2.45, 2.75) is 37.5 Å². The Balaban J connectivity index is 1.97. The number of carbonyl (C=O) groups excluding carboxylic acids is 1. The van der Waals surface area contributed by atoms with Gasteiger partial charge in [-0.3, -0.25) is 4.79 Å². The van der Waals surface area contributed by atoms with E-state index in [1.54, 1.807) is 4.90 Å². The van der Waals surface area contributed by atoms with Crippen LogP contribution in [0.3, 0.4) is 0 Å². The predicted molar refractivity (Wildman–Crippen MR) is 112 cm³/mol. The van der Waals surface area contributed by atoms with Crippen LogP contribution >= 0.6 is 11.6 Å². The Morgan fingerprint density at radius 1 is 1.11 bits per heavy atom. The number of halogens is 1. The molecule has 0 aromatic heterocycles. The number of amides is 1. The zero-order valence-electron chi connectivity index (χ0n) is 16.0. The first-order chi connectivity index (χ1) is 13.4. The van der Waals surface area contributed by atoms with Gasteiger partial charge in [0.15, 0.2) is 0 Å². The first-order valence-corrected chi connectivity index (χ1v) is 11.4. The SMILES string of the molecule is CCCCN(C(=O)c1cc(S(=O)(=O)N2CCCC2)ccc1Cl)c1ccccc1. The van der Waals surface area contributed by atoms with Gasteiger partial charge in [-0.25, -0.2) is 8.42 Å². The Kier molecular flexibility index (Phi) is 6.75. The molecule has 0 N–H and O–H groups in total. The van der Waals surface area contributed by atoms with Crippen LogP contribution in [0.25, 0.3) is 0 Å². The minimum Gasteiger partial charge on any atom is -0.308 e. The molecule has 0 saturated carbocycles. The van der Waals surface area contributed by atoms with Crippen molar-refractivity contribution in [2.75, 3.05) is 24.5 Å². The summed E-state index contributed by atoms with van der Waals surface area (Å²) < 4.78 is 27.2. The summed E-state index contributed by atoms with van der Waals surface area (Å²) in [5.41, 5.74) is 0.978. The Morgan fingerprint density at radius 2 is 1.79 bits per heavy atom.